The lowest BCUT2D eigenvalue weighted by atomic mass is 9.56. The molecular weight excluding hydrogens is 708 g/mol. The number of likely N-dealkylation sites (tertiary alicyclic amines) is 1. The number of esters is 2. The van der Waals surface area contributed by atoms with Crippen LogP contribution in [0, 0.1) is 17.8 Å². The van der Waals surface area contributed by atoms with Crippen LogP contribution < -0.4 is 5.06 Å². The van der Waals surface area contributed by atoms with Gasteiger partial charge in [0.1, 0.15) is 22.8 Å². The standard InChI is InChI=1S/C39H53ClN2O11/c1-20(2)24-17-16-22(4)39(47)26(24)18-21(3)30(48-23(5)43)31(39)49-32(44)28-19-38(52-35(46)51-37(9,10)11)25-14-13-15-27(40)29(25)41(12)53-33(38)42(28)34(45)50-36(6,7)8/h13-15,18,22,24,26,28,30-31,33,47H,1,16-17,19H2,2-12H3/t22-,24+,26+,28+,30-,31+,33-,38-,39-/m1/s1. The van der Waals surface area contributed by atoms with Gasteiger partial charge in [-0.2, -0.15) is 0 Å². The zero-order valence-electron chi connectivity index (χ0n) is 32.5. The molecule has 53 heavy (non-hydrogen) atoms. The van der Waals surface area contributed by atoms with Gasteiger partial charge in [0.25, 0.3) is 0 Å². The summed E-state index contributed by atoms with van der Waals surface area (Å²) in [5.41, 5.74) is -3.40. The van der Waals surface area contributed by atoms with Crippen molar-refractivity contribution in [3.63, 3.8) is 0 Å². The van der Waals surface area contributed by atoms with Crippen molar-refractivity contribution >= 4 is 41.5 Å². The molecule has 1 amide bonds. The lowest BCUT2D eigenvalue weighted by Gasteiger charge is -2.55. The van der Waals surface area contributed by atoms with E-state index in [0.29, 0.717) is 23.2 Å². The van der Waals surface area contributed by atoms with Crippen LogP contribution in [-0.4, -0.2) is 82.5 Å². The summed E-state index contributed by atoms with van der Waals surface area (Å²) in [6, 6.07) is 3.43. The Hall–Kier alpha value is -3.81. The van der Waals surface area contributed by atoms with Gasteiger partial charge in [-0.15, -0.1) is 0 Å². The number of carbonyl (C=O) groups excluding carboxylic acids is 4. The number of hydroxylamine groups is 1. The number of amides is 1. The fraction of sp³-hybridized carbons (Fsp3) is 0.641. The normalized spacial score (nSPS) is 32.3. The van der Waals surface area contributed by atoms with Gasteiger partial charge in [-0.05, 0) is 91.7 Å². The number of benzene rings is 1. The number of ether oxygens (including phenoxy) is 5. The number of hydrogen-bond donors (Lipinski definition) is 1. The van der Waals surface area contributed by atoms with Crippen molar-refractivity contribution < 1.29 is 52.8 Å². The second-order valence-electron chi connectivity index (χ2n) is 16.8. The molecule has 2 aliphatic heterocycles. The van der Waals surface area contributed by atoms with Crippen LogP contribution in [0.5, 0.6) is 0 Å². The van der Waals surface area contributed by atoms with Crippen molar-refractivity contribution in [2.24, 2.45) is 17.8 Å². The molecule has 0 bridgehead atoms. The van der Waals surface area contributed by atoms with Gasteiger partial charge < -0.3 is 28.8 Å². The monoisotopic (exact) mass is 760 g/mol. The fourth-order valence-corrected chi connectivity index (χ4v) is 8.54. The van der Waals surface area contributed by atoms with Crippen LogP contribution in [0.25, 0.3) is 0 Å². The second-order valence-corrected chi connectivity index (χ2v) is 17.2. The molecule has 1 aromatic carbocycles. The Morgan fingerprint density at radius 1 is 1.02 bits per heavy atom. The van der Waals surface area contributed by atoms with Crippen molar-refractivity contribution in [3.8, 4) is 0 Å². The number of nitrogens with zero attached hydrogens (tertiary/aromatic N) is 2. The van der Waals surface area contributed by atoms with E-state index in [1.54, 1.807) is 73.7 Å². The molecule has 1 saturated heterocycles. The molecule has 14 heteroatoms. The van der Waals surface area contributed by atoms with Gasteiger partial charge in [0.05, 0.1) is 10.7 Å². The minimum atomic E-state index is -1.87. The van der Waals surface area contributed by atoms with Gasteiger partial charge in [0.2, 0.25) is 6.23 Å². The van der Waals surface area contributed by atoms with E-state index in [4.69, 9.17) is 40.1 Å². The van der Waals surface area contributed by atoms with Crippen LogP contribution in [0.15, 0.2) is 42.0 Å². The van der Waals surface area contributed by atoms with Gasteiger partial charge in [-0.3, -0.25) is 14.8 Å². The minimum Gasteiger partial charge on any atom is -0.454 e. The molecular formula is C39H53ClN2O11. The third-order valence-electron chi connectivity index (χ3n) is 10.5. The van der Waals surface area contributed by atoms with E-state index in [9.17, 15) is 24.3 Å². The first-order chi connectivity index (χ1) is 24.4. The van der Waals surface area contributed by atoms with E-state index in [0.717, 1.165) is 16.9 Å². The Labute approximate surface area is 316 Å². The molecule has 0 aromatic heterocycles. The summed E-state index contributed by atoms with van der Waals surface area (Å²) in [5.74, 6) is -2.67. The van der Waals surface area contributed by atoms with Gasteiger partial charge in [-0.1, -0.05) is 48.9 Å². The maximum absolute atomic E-state index is 14.9. The van der Waals surface area contributed by atoms with Crippen LogP contribution in [-0.2, 0) is 43.7 Å². The molecule has 2 heterocycles. The summed E-state index contributed by atoms with van der Waals surface area (Å²) in [5, 5.41) is 14.3. The second kappa shape index (κ2) is 14.1. The summed E-state index contributed by atoms with van der Waals surface area (Å²) >= 11 is 6.67. The summed E-state index contributed by atoms with van der Waals surface area (Å²) in [7, 11) is 1.57. The number of rotatable bonds is 5. The quantitative estimate of drug-likeness (QED) is 0.187. The predicted octanol–water partition coefficient (Wildman–Crippen LogP) is 6.98. The summed E-state index contributed by atoms with van der Waals surface area (Å²) in [6.45, 7) is 21.0. The van der Waals surface area contributed by atoms with Gasteiger partial charge in [-0.25, -0.2) is 19.2 Å². The maximum atomic E-state index is 14.9. The molecule has 5 rings (SSSR count). The third kappa shape index (κ3) is 7.49. The highest BCUT2D eigenvalue weighted by Gasteiger charge is 2.67. The number of carbonyl (C=O) groups is 4. The maximum Gasteiger partial charge on any atom is 0.509 e. The largest absolute Gasteiger partial charge is 0.509 e. The first kappa shape index (κ1) is 40.4. The Kier molecular flexibility index (Phi) is 10.8. The van der Waals surface area contributed by atoms with E-state index in [1.165, 1.54) is 12.0 Å². The van der Waals surface area contributed by atoms with Crippen molar-refractivity contribution in [2.45, 2.75) is 135 Å². The van der Waals surface area contributed by atoms with Crippen LogP contribution in [0.4, 0.5) is 15.3 Å². The Morgan fingerprint density at radius 3 is 2.25 bits per heavy atom. The van der Waals surface area contributed by atoms with Gasteiger partial charge in [0.15, 0.2) is 17.8 Å². The highest BCUT2D eigenvalue weighted by molar-refractivity contribution is 6.33. The highest BCUT2D eigenvalue weighted by Crippen LogP contribution is 2.55. The lowest BCUT2D eigenvalue weighted by Crippen LogP contribution is -2.66. The zero-order valence-corrected chi connectivity index (χ0v) is 33.2. The van der Waals surface area contributed by atoms with Crippen molar-refractivity contribution in [3.05, 3.63) is 52.6 Å². The smallest absolute Gasteiger partial charge is 0.454 e. The SMILES string of the molecule is C=C(C)[C@@H]1CC[C@@H](C)[C@@]2(O)[C@H]1C=C(C)[C@@H](OC(C)=O)[C@@H]2OC(=O)[C@@H]1C[C@@]2(OC(=O)OC(C)(C)C)c3cccc(Cl)c3N(C)O[C@H]2N1C(=O)OC(C)(C)C. The number of fused-ring (bicyclic) bond motifs is 4. The molecule has 1 N–H and O–H groups in total. The third-order valence-corrected chi connectivity index (χ3v) is 10.8. The van der Waals surface area contributed by atoms with Crippen LogP contribution in [0.3, 0.4) is 0 Å². The summed E-state index contributed by atoms with van der Waals surface area (Å²) < 4.78 is 29.7. The van der Waals surface area contributed by atoms with E-state index in [1.807, 2.05) is 19.9 Å². The molecule has 1 saturated carbocycles. The molecule has 2 fully saturated rings. The first-order valence-electron chi connectivity index (χ1n) is 18.0. The molecule has 292 valence electrons. The van der Waals surface area contributed by atoms with E-state index in [-0.39, 0.29) is 17.4 Å². The Morgan fingerprint density at radius 2 is 1.66 bits per heavy atom. The summed E-state index contributed by atoms with van der Waals surface area (Å²) in [4.78, 5) is 62.6. The highest BCUT2D eigenvalue weighted by atomic mass is 35.5. The number of allylic oxidation sites excluding steroid dienone is 1. The number of anilines is 1. The molecule has 0 unspecified atom stereocenters. The number of halogens is 1. The average Bonchev–Trinajstić information content (AvgIpc) is 3.33. The van der Waals surface area contributed by atoms with Crippen molar-refractivity contribution in [1.82, 2.24) is 4.90 Å². The minimum absolute atomic E-state index is 0.145. The molecule has 4 aliphatic rings. The summed E-state index contributed by atoms with van der Waals surface area (Å²) in [6.07, 6.45) is -3.20. The molecule has 2 aliphatic carbocycles. The van der Waals surface area contributed by atoms with Crippen LogP contribution in [0.2, 0.25) is 5.02 Å². The predicted molar refractivity (Wildman–Crippen MR) is 195 cm³/mol. The zero-order chi connectivity index (χ0) is 39.6. The van der Waals surface area contributed by atoms with E-state index in [2.05, 4.69) is 6.58 Å². The molecule has 1 aromatic rings. The molecule has 0 radical (unpaired) electrons. The van der Waals surface area contributed by atoms with E-state index < -0.39 is 82.9 Å². The fourth-order valence-electron chi connectivity index (χ4n) is 8.25. The first-order valence-corrected chi connectivity index (χ1v) is 18.4. The number of para-hydroxylation sites is 1. The Bertz CT molecular complexity index is 1700. The van der Waals surface area contributed by atoms with Crippen LogP contribution in [0.1, 0.15) is 94.1 Å². The topological polar surface area (TPSA) is 150 Å². The van der Waals surface area contributed by atoms with Crippen LogP contribution >= 0.6 is 11.6 Å². The Balaban J connectivity index is 1.66. The number of aliphatic hydroxyl groups is 1. The van der Waals surface area contributed by atoms with E-state index >= 15 is 0 Å². The van der Waals surface area contributed by atoms with Crippen molar-refractivity contribution in [2.75, 3.05) is 12.1 Å². The lowest BCUT2D eigenvalue weighted by molar-refractivity contribution is -0.223. The van der Waals surface area contributed by atoms with Crippen molar-refractivity contribution in [1.29, 1.82) is 0 Å². The van der Waals surface area contributed by atoms with Gasteiger partial charge in [0, 0.05) is 31.9 Å². The molecule has 13 nitrogen and oxygen atoms in total. The van der Waals surface area contributed by atoms with Gasteiger partial charge >= 0.3 is 24.2 Å². The average molecular weight is 761 g/mol. The number of hydrogen-bond acceptors (Lipinski definition) is 12. The molecule has 0 spiro atoms. The molecule has 9 atom stereocenters.